The summed E-state index contributed by atoms with van der Waals surface area (Å²) in [6.07, 6.45) is 10.2. The molecule has 0 unspecified atom stereocenters. The first kappa shape index (κ1) is 20.6. The summed E-state index contributed by atoms with van der Waals surface area (Å²) in [7, 11) is 0. The van der Waals surface area contributed by atoms with Gasteiger partial charge in [0.1, 0.15) is 0 Å². The third kappa shape index (κ3) is 3.07. The minimum Gasteiger partial charge on any atom is -0.349 e. The smallest absolute Gasteiger partial charge is 0.243 e. The van der Waals surface area contributed by atoms with Crippen LogP contribution >= 0.6 is 0 Å². The second kappa shape index (κ2) is 6.68. The molecule has 0 saturated heterocycles. The molecule has 1 heterocycles. The quantitative estimate of drug-likeness (QED) is 0.763. The topological polar surface area (TPSA) is 75.3 Å². The van der Waals surface area contributed by atoms with E-state index in [4.69, 9.17) is 0 Å². The minimum absolute atomic E-state index is 0.00292. The summed E-state index contributed by atoms with van der Waals surface area (Å²) >= 11 is 0. The lowest BCUT2D eigenvalue weighted by Crippen LogP contribution is -2.60. The van der Waals surface area contributed by atoms with Gasteiger partial charge in [0.25, 0.3) is 0 Å². The van der Waals surface area contributed by atoms with Crippen LogP contribution in [0.5, 0.6) is 0 Å². The number of hydrogen-bond acceptors (Lipinski definition) is 3. The van der Waals surface area contributed by atoms with E-state index >= 15 is 0 Å². The van der Waals surface area contributed by atoms with Crippen LogP contribution in [0.25, 0.3) is 0 Å². The van der Waals surface area contributed by atoms with Crippen LogP contribution in [0.15, 0.2) is 12.2 Å². The first-order valence-corrected chi connectivity index (χ1v) is 11.3. The maximum Gasteiger partial charge on any atom is 0.243 e. The van der Waals surface area contributed by atoms with Gasteiger partial charge >= 0.3 is 0 Å². The molecule has 4 rings (SSSR count). The molecular weight excluding hydrogens is 364 g/mol. The van der Waals surface area contributed by atoms with Crippen molar-refractivity contribution in [2.75, 3.05) is 0 Å². The van der Waals surface area contributed by atoms with Gasteiger partial charge in [-0.25, -0.2) is 0 Å². The summed E-state index contributed by atoms with van der Waals surface area (Å²) < 4.78 is 0. The number of nitrogens with one attached hydrogen (secondary N) is 2. The molecule has 0 bridgehead atoms. The molecule has 3 saturated carbocycles. The van der Waals surface area contributed by atoms with Crippen LogP contribution in [0.2, 0.25) is 0 Å². The van der Waals surface area contributed by atoms with Crippen LogP contribution in [0, 0.1) is 34.5 Å². The molecule has 4 aliphatic rings. The monoisotopic (exact) mass is 400 g/mol. The molecule has 0 aromatic rings. The van der Waals surface area contributed by atoms with Gasteiger partial charge in [-0.15, -0.1) is 0 Å². The Labute approximate surface area is 174 Å². The van der Waals surface area contributed by atoms with Gasteiger partial charge in [-0.1, -0.05) is 19.9 Å². The van der Waals surface area contributed by atoms with E-state index in [-0.39, 0.29) is 40.4 Å². The summed E-state index contributed by atoms with van der Waals surface area (Å²) in [5.74, 6) is 1.78. The average molecular weight is 401 g/mol. The van der Waals surface area contributed by atoms with Crippen molar-refractivity contribution in [1.82, 2.24) is 10.6 Å². The highest BCUT2D eigenvalue weighted by molar-refractivity contribution is 5.91. The van der Waals surface area contributed by atoms with Gasteiger partial charge in [0.15, 0.2) is 5.78 Å². The molecule has 0 radical (unpaired) electrons. The van der Waals surface area contributed by atoms with E-state index in [9.17, 15) is 14.4 Å². The fourth-order valence-electron chi connectivity index (χ4n) is 7.25. The van der Waals surface area contributed by atoms with E-state index in [1.54, 1.807) is 26.8 Å². The highest BCUT2D eigenvalue weighted by atomic mass is 16.2. The van der Waals surface area contributed by atoms with Crippen molar-refractivity contribution in [3.8, 4) is 0 Å². The van der Waals surface area contributed by atoms with Gasteiger partial charge in [-0.3, -0.25) is 14.4 Å². The van der Waals surface area contributed by atoms with Crippen molar-refractivity contribution in [3.05, 3.63) is 12.2 Å². The number of carbonyl (C=O) groups excluding carboxylic acids is 3. The Balaban J connectivity index is 1.56. The number of amides is 2. The number of Topliss-reactive ketones (excluding diaryl/α,β-unsaturated/α-hetero) is 1. The summed E-state index contributed by atoms with van der Waals surface area (Å²) in [6.45, 7) is 9.77. The van der Waals surface area contributed by atoms with E-state index in [0.29, 0.717) is 17.8 Å². The van der Waals surface area contributed by atoms with E-state index in [1.165, 1.54) is 0 Å². The Morgan fingerprint density at radius 2 is 1.83 bits per heavy atom. The molecule has 160 valence electrons. The largest absolute Gasteiger partial charge is 0.349 e. The maximum atomic E-state index is 13.2. The van der Waals surface area contributed by atoms with Crippen LogP contribution < -0.4 is 10.6 Å². The third-order valence-electron chi connectivity index (χ3n) is 9.32. The van der Waals surface area contributed by atoms with E-state index in [0.717, 1.165) is 38.5 Å². The summed E-state index contributed by atoms with van der Waals surface area (Å²) in [4.78, 5) is 37.0. The number of rotatable bonds is 3. The van der Waals surface area contributed by atoms with Crippen molar-refractivity contribution in [1.29, 1.82) is 0 Å². The lowest BCUT2D eigenvalue weighted by Gasteiger charge is -2.58. The summed E-state index contributed by atoms with van der Waals surface area (Å²) in [5, 5.41) is 6.24. The predicted molar refractivity (Wildman–Crippen MR) is 112 cm³/mol. The second-order valence-corrected chi connectivity index (χ2v) is 11.1. The lowest BCUT2D eigenvalue weighted by atomic mass is 9.48. The van der Waals surface area contributed by atoms with Crippen molar-refractivity contribution in [2.24, 2.45) is 34.5 Å². The minimum atomic E-state index is -0.806. The number of fused-ring (bicyclic) bond motifs is 5. The Hall–Kier alpha value is -1.65. The molecule has 7 atom stereocenters. The normalized spacial score (nSPS) is 43.6. The molecular formula is C24H36N2O3. The van der Waals surface area contributed by atoms with Gasteiger partial charge < -0.3 is 10.6 Å². The van der Waals surface area contributed by atoms with E-state index < -0.39 is 5.54 Å². The van der Waals surface area contributed by atoms with Crippen molar-refractivity contribution < 1.29 is 14.4 Å². The predicted octanol–water partition coefficient (Wildman–Crippen LogP) is 3.38. The van der Waals surface area contributed by atoms with Crippen LogP contribution in [-0.4, -0.2) is 29.2 Å². The zero-order chi connectivity index (χ0) is 21.2. The molecule has 5 nitrogen and oxygen atoms in total. The first-order chi connectivity index (χ1) is 13.5. The maximum absolute atomic E-state index is 13.2. The molecule has 5 heteroatoms. The highest BCUT2D eigenvalue weighted by Crippen LogP contribution is 2.65. The van der Waals surface area contributed by atoms with Crippen molar-refractivity contribution >= 4 is 17.6 Å². The van der Waals surface area contributed by atoms with Crippen molar-refractivity contribution in [2.45, 2.75) is 84.7 Å². The van der Waals surface area contributed by atoms with Crippen LogP contribution in [0.4, 0.5) is 0 Å². The molecule has 3 aliphatic carbocycles. The molecule has 2 N–H and O–H groups in total. The Morgan fingerprint density at radius 1 is 1.10 bits per heavy atom. The molecule has 0 aromatic carbocycles. The van der Waals surface area contributed by atoms with Crippen LogP contribution in [-0.2, 0) is 14.4 Å². The summed E-state index contributed by atoms with van der Waals surface area (Å²) in [6, 6.07) is 0.238. The van der Waals surface area contributed by atoms with Crippen LogP contribution in [0.1, 0.15) is 73.1 Å². The Kier molecular flexibility index (Phi) is 4.75. The van der Waals surface area contributed by atoms with Crippen LogP contribution in [0.3, 0.4) is 0 Å². The SMILES string of the molecule is CC(=O)C(C)(C)NC(=O)[C@H]1CC[C@H]2[C@@H]3CC[C@H]4NC(=O)C=C[C@]4(C)[C@H]3CC[C@]12C. The van der Waals surface area contributed by atoms with Gasteiger partial charge in [0.2, 0.25) is 11.8 Å². The molecule has 3 fully saturated rings. The van der Waals surface area contributed by atoms with Gasteiger partial charge in [0, 0.05) is 17.4 Å². The highest BCUT2D eigenvalue weighted by Gasteiger charge is 2.61. The molecule has 0 spiro atoms. The summed E-state index contributed by atoms with van der Waals surface area (Å²) in [5.41, 5.74) is -0.780. The fourth-order valence-corrected chi connectivity index (χ4v) is 7.25. The second-order valence-electron chi connectivity index (χ2n) is 11.1. The lowest BCUT2D eigenvalue weighted by molar-refractivity contribution is -0.138. The number of hydrogen-bond donors (Lipinski definition) is 2. The van der Waals surface area contributed by atoms with Crippen molar-refractivity contribution in [3.63, 3.8) is 0 Å². The van der Waals surface area contributed by atoms with E-state index in [2.05, 4.69) is 30.6 Å². The van der Waals surface area contributed by atoms with E-state index in [1.807, 2.05) is 0 Å². The molecule has 1 aliphatic heterocycles. The zero-order valence-corrected chi connectivity index (χ0v) is 18.5. The number of carbonyl (C=O) groups is 3. The van der Waals surface area contributed by atoms with Gasteiger partial charge in [-0.05, 0) is 88.5 Å². The number of ketones is 1. The molecule has 29 heavy (non-hydrogen) atoms. The average Bonchev–Trinajstić information content (AvgIpc) is 2.99. The molecule has 2 amide bonds. The molecule has 0 aromatic heterocycles. The van der Waals surface area contributed by atoms with Gasteiger partial charge in [-0.2, -0.15) is 0 Å². The first-order valence-electron chi connectivity index (χ1n) is 11.3. The zero-order valence-electron chi connectivity index (χ0n) is 18.5. The standard InChI is InChI=1S/C24H36N2O3/c1-14(27)22(2,3)26-21(29)18-8-7-16-15-6-9-19-24(5,13-11-20(28)25-19)17(15)10-12-23(16,18)4/h11,13,15-19H,6-10,12H2,1-5H3,(H,25,28)(H,26,29)/t15-,16-,17-,18+,19+,23-,24+/m0/s1. The Morgan fingerprint density at radius 3 is 2.52 bits per heavy atom. The Bertz CT molecular complexity index is 772. The van der Waals surface area contributed by atoms with Gasteiger partial charge in [0.05, 0.1) is 5.54 Å². The fraction of sp³-hybridized carbons (Fsp3) is 0.792. The third-order valence-corrected chi connectivity index (χ3v) is 9.32.